The van der Waals surface area contributed by atoms with Gasteiger partial charge in [-0.1, -0.05) is 54.1 Å². The predicted octanol–water partition coefficient (Wildman–Crippen LogP) is 4.01. The van der Waals surface area contributed by atoms with Gasteiger partial charge in [-0.3, -0.25) is 4.90 Å². The van der Waals surface area contributed by atoms with Gasteiger partial charge in [0, 0.05) is 19.6 Å². The van der Waals surface area contributed by atoms with Crippen molar-refractivity contribution >= 4 is 11.6 Å². The normalized spacial score (nSPS) is 19.8. The average Bonchev–Trinajstić information content (AvgIpc) is 2.78. The molecule has 1 atom stereocenters. The van der Waals surface area contributed by atoms with Crippen LogP contribution in [-0.4, -0.2) is 29.7 Å². The van der Waals surface area contributed by atoms with Gasteiger partial charge < -0.3 is 9.84 Å². The van der Waals surface area contributed by atoms with Gasteiger partial charge in [0.05, 0.1) is 17.7 Å². The van der Waals surface area contributed by atoms with E-state index in [0.717, 1.165) is 31.6 Å². The van der Waals surface area contributed by atoms with Crippen LogP contribution in [0.25, 0.3) is 0 Å². The lowest BCUT2D eigenvalue weighted by molar-refractivity contribution is 0.0616. The predicted molar refractivity (Wildman–Crippen MR) is 88.1 cm³/mol. The summed E-state index contributed by atoms with van der Waals surface area (Å²) in [5, 5.41) is 10.2. The molecule has 116 valence electrons. The van der Waals surface area contributed by atoms with E-state index >= 15 is 0 Å². The molecular formula is C18H20ClNO2. The Kier molecular flexibility index (Phi) is 4.98. The lowest BCUT2D eigenvalue weighted by Gasteiger charge is -2.20. The van der Waals surface area contributed by atoms with Crippen molar-refractivity contribution in [3.8, 4) is 5.75 Å². The van der Waals surface area contributed by atoms with E-state index in [1.54, 1.807) is 6.07 Å². The molecule has 1 saturated heterocycles. The van der Waals surface area contributed by atoms with Crippen LogP contribution < -0.4 is 0 Å². The maximum atomic E-state index is 9.70. The summed E-state index contributed by atoms with van der Waals surface area (Å²) in [6.07, 6.45) is 1.12. The average molecular weight is 318 g/mol. The Morgan fingerprint density at radius 2 is 1.91 bits per heavy atom. The van der Waals surface area contributed by atoms with E-state index < -0.39 is 0 Å². The molecule has 2 aromatic rings. The number of hydrogen-bond donors (Lipinski definition) is 1. The second-order valence-corrected chi connectivity index (χ2v) is 5.96. The molecule has 0 aromatic heterocycles. The van der Waals surface area contributed by atoms with Gasteiger partial charge in [0.15, 0.2) is 0 Å². The summed E-state index contributed by atoms with van der Waals surface area (Å²) in [5.74, 6) is 0.146. The second kappa shape index (κ2) is 7.14. The topological polar surface area (TPSA) is 32.7 Å². The van der Waals surface area contributed by atoms with Crippen molar-refractivity contribution in [2.45, 2.75) is 19.1 Å². The van der Waals surface area contributed by atoms with Crippen LogP contribution in [0.2, 0.25) is 5.02 Å². The Bertz CT molecular complexity index is 618. The van der Waals surface area contributed by atoms with Crippen LogP contribution in [0, 0.1) is 0 Å². The van der Waals surface area contributed by atoms with Gasteiger partial charge in [-0.05, 0) is 23.6 Å². The SMILES string of the molecule is Oc1cccc(CN2CCOC(c3ccccc3)CC2)c1Cl. The van der Waals surface area contributed by atoms with E-state index in [-0.39, 0.29) is 11.9 Å². The van der Waals surface area contributed by atoms with Crippen LogP contribution in [0.5, 0.6) is 5.75 Å². The first-order valence-electron chi connectivity index (χ1n) is 7.59. The summed E-state index contributed by atoms with van der Waals surface area (Å²) in [5.41, 5.74) is 2.19. The molecule has 1 fully saturated rings. The Hall–Kier alpha value is -1.55. The summed E-state index contributed by atoms with van der Waals surface area (Å²) in [4.78, 5) is 2.32. The van der Waals surface area contributed by atoms with Crippen LogP contribution >= 0.6 is 11.6 Å². The van der Waals surface area contributed by atoms with Crippen LogP contribution in [0.4, 0.5) is 0 Å². The third-order valence-electron chi connectivity index (χ3n) is 4.06. The monoisotopic (exact) mass is 317 g/mol. The highest BCUT2D eigenvalue weighted by Gasteiger charge is 2.19. The summed E-state index contributed by atoms with van der Waals surface area (Å²) >= 11 is 6.17. The first-order valence-corrected chi connectivity index (χ1v) is 7.97. The van der Waals surface area contributed by atoms with Crippen molar-refractivity contribution in [2.24, 2.45) is 0 Å². The number of nitrogens with zero attached hydrogens (tertiary/aromatic N) is 1. The lowest BCUT2D eigenvalue weighted by atomic mass is 10.1. The quantitative estimate of drug-likeness (QED) is 0.928. The summed E-state index contributed by atoms with van der Waals surface area (Å²) in [6.45, 7) is 3.26. The molecule has 1 heterocycles. The molecule has 1 aliphatic heterocycles. The highest BCUT2D eigenvalue weighted by molar-refractivity contribution is 6.32. The first kappa shape index (κ1) is 15.3. The van der Waals surface area contributed by atoms with Crippen LogP contribution in [-0.2, 0) is 11.3 Å². The Balaban J connectivity index is 1.64. The zero-order valence-electron chi connectivity index (χ0n) is 12.4. The third kappa shape index (κ3) is 3.61. The van der Waals surface area contributed by atoms with Crippen molar-refractivity contribution in [2.75, 3.05) is 19.7 Å². The number of benzene rings is 2. The molecule has 22 heavy (non-hydrogen) atoms. The molecule has 2 aromatic carbocycles. The van der Waals surface area contributed by atoms with Gasteiger partial charge in [0.2, 0.25) is 0 Å². The van der Waals surface area contributed by atoms with E-state index in [4.69, 9.17) is 16.3 Å². The van der Waals surface area contributed by atoms with Gasteiger partial charge in [-0.15, -0.1) is 0 Å². The zero-order valence-corrected chi connectivity index (χ0v) is 13.2. The zero-order chi connectivity index (χ0) is 15.4. The number of aromatic hydroxyl groups is 1. The van der Waals surface area contributed by atoms with E-state index in [1.165, 1.54) is 5.56 Å². The molecule has 4 heteroatoms. The van der Waals surface area contributed by atoms with Gasteiger partial charge in [-0.25, -0.2) is 0 Å². The fourth-order valence-electron chi connectivity index (χ4n) is 2.84. The molecule has 0 saturated carbocycles. The smallest absolute Gasteiger partial charge is 0.134 e. The fraction of sp³-hybridized carbons (Fsp3) is 0.333. The standard InChI is InChI=1S/C18H20ClNO2/c19-18-15(7-4-8-16(18)21)13-20-10-9-17(22-12-11-20)14-5-2-1-3-6-14/h1-8,17,21H,9-13H2. The number of halogens is 1. The second-order valence-electron chi connectivity index (χ2n) is 5.59. The molecular weight excluding hydrogens is 298 g/mol. The number of phenolic OH excluding ortho intramolecular Hbond substituents is 1. The Labute approximate surface area is 136 Å². The fourth-order valence-corrected chi connectivity index (χ4v) is 3.02. The van der Waals surface area contributed by atoms with Gasteiger partial charge in [0.25, 0.3) is 0 Å². The highest BCUT2D eigenvalue weighted by Crippen LogP contribution is 2.29. The van der Waals surface area contributed by atoms with Crippen molar-refractivity contribution in [1.82, 2.24) is 4.90 Å². The molecule has 3 rings (SSSR count). The molecule has 1 aliphatic rings. The Morgan fingerprint density at radius 1 is 1.09 bits per heavy atom. The van der Waals surface area contributed by atoms with Gasteiger partial charge >= 0.3 is 0 Å². The van der Waals surface area contributed by atoms with Gasteiger partial charge in [-0.2, -0.15) is 0 Å². The summed E-state index contributed by atoms with van der Waals surface area (Å²) < 4.78 is 5.99. The molecule has 1 unspecified atom stereocenters. The number of hydrogen-bond acceptors (Lipinski definition) is 3. The third-order valence-corrected chi connectivity index (χ3v) is 4.49. The largest absolute Gasteiger partial charge is 0.506 e. The van der Waals surface area contributed by atoms with E-state index in [0.29, 0.717) is 11.6 Å². The first-order chi connectivity index (χ1) is 10.7. The molecule has 0 radical (unpaired) electrons. The highest BCUT2D eigenvalue weighted by atomic mass is 35.5. The number of rotatable bonds is 3. The van der Waals surface area contributed by atoms with E-state index in [2.05, 4.69) is 17.0 Å². The minimum Gasteiger partial charge on any atom is -0.506 e. The van der Waals surface area contributed by atoms with Gasteiger partial charge in [0.1, 0.15) is 5.75 Å². The van der Waals surface area contributed by atoms with Crippen molar-refractivity contribution in [3.05, 3.63) is 64.7 Å². The molecule has 0 bridgehead atoms. The van der Waals surface area contributed by atoms with Crippen LogP contribution in [0.15, 0.2) is 48.5 Å². The van der Waals surface area contributed by atoms with Crippen LogP contribution in [0.3, 0.4) is 0 Å². The Morgan fingerprint density at radius 3 is 2.73 bits per heavy atom. The molecule has 0 spiro atoms. The molecule has 3 nitrogen and oxygen atoms in total. The molecule has 1 N–H and O–H groups in total. The minimum atomic E-state index is 0.146. The van der Waals surface area contributed by atoms with Crippen LogP contribution in [0.1, 0.15) is 23.7 Å². The van der Waals surface area contributed by atoms with Crippen molar-refractivity contribution < 1.29 is 9.84 Å². The minimum absolute atomic E-state index is 0.146. The number of phenols is 1. The lowest BCUT2D eigenvalue weighted by Crippen LogP contribution is -2.25. The molecule has 0 aliphatic carbocycles. The maximum absolute atomic E-state index is 9.70. The summed E-state index contributed by atoms with van der Waals surface area (Å²) in [7, 11) is 0. The molecule has 0 amide bonds. The van der Waals surface area contributed by atoms with E-state index in [9.17, 15) is 5.11 Å². The van der Waals surface area contributed by atoms with Crippen molar-refractivity contribution in [3.63, 3.8) is 0 Å². The maximum Gasteiger partial charge on any atom is 0.134 e. The number of ether oxygens (including phenoxy) is 1. The summed E-state index contributed by atoms with van der Waals surface area (Å²) in [6, 6.07) is 15.8. The van der Waals surface area contributed by atoms with E-state index in [1.807, 2.05) is 30.3 Å². The van der Waals surface area contributed by atoms with Crippen molar-refractivity contribution in [1.29, 1.82) is 0 Å².